The molecule has 1 aromatic heterocycles. The van der Waals surface area contributed by atoms with Crippen LogP contribution in [-0.2, 0) is 6.61 Å². The molecule has 21 heavy (non-hydrogen) atoms. The van der Waals surface area contributed by atoms with Crippen LogP contribution in [0.25, 0.3) is 10.9 Å². The lowest BCUT2D eigenvalue weighted by Gasteiger charge is -2.08. The smallest absolute Gasteiger partial charge is 0.130 e. The summed E-state index contributed by atoms with van der Waals surface area (Å²) in [5.74, 6) is 0.773. The second kappa shape index (κ2) is 5.94. The number of fused-ring (bicyclic) bond motifs is 1. The number of para-hydroxylation sites is 1. The molecular weight excluding hydrogens is 262 g/mol. The lowest BCUT2D eigenvalue weighted by molar-refractivity contribution is 0.199. The molecule has 0 radical (unpaired) electrons. The van der Waals surface area contributed by atoms with Gasteiger partial charge in [-0.05, 0) is 36.8 Å². The molecule has 0 saturated carbocycles. The summed E-state index contributed by atoms with van der Waals surface area (Å²) in [6.45, 7) is 2.17. The molecule has 2 aromatic carbocycles. The monoisotopic (exact) mass is 279 g/mol. The van der Waals surface area contributed by atoms with Gasteiger partial charge in [-0.15, -0.1) is 0 Å². The number of aliphatic hydroxyl groups is 1. The Hall–Kier alpha value is -2.39. The largest absolute Gasteiger partial charge is 0.487 e. The third-order valence-electron chi connectivity index (χ3n) is 3.41. The van der Waals surface area contributed by atoms with Crippen LogP contribution in [0.2, 0.25) is 0 Å². The van der Waals surface area contributed by atoms with Gasteiger partial charge in [-0.3, -0.25) is 0 Å². The van der Waals surface area contributed by atoms with Crippen LogP contribution in [0.1, 0.15) is 24.3 Å². The van der Waals surface area contributed by atoms with E-state index in [0.29, 0.717) is 6.61 Å². The van der Waals surface area contributed by atoms with E-state index in [9.17, 15) is 5.11 Å². The molecule has 0 spiro atoms. The predicted molar refractivity (Wildman–Crippen MR) is 83.2 cm³/mol. The first-order chi connectivity index (χ1) is 10.2. The number of aromatic nitrogens is 1. The summed E-state index contributed by atoms with van der Waals surface area (Å²) in [5.41, 5.74) is 2.75. The Morgan fingerprint density at radius 1 is 1.00 bits per heavy atom. The van der Waals surface area contributed by atoms with Crippen molar-refractivity contribution in [3.8, 4) is 5.75 Å². The number of ether oxygens (including phenoxy) is 1. The van der Waals surface area contributed by atoms with Gasteiger partial charge < -0.3 is 9.84 Å². The van der Waals surface area contributed by atoms with E-state index >= 15 is 0 Å². The highest BCUT2D eigenvalue weighted by Gasteiger charge is 2.02. The molecule has 1 N–H and O–H groups in total. The van der Waals surface area contributed by atoms with Crippen LogP contribution < -0.4 is 4.74 Å². The lowest BCUT2D eigenvalue weighted by Crippen LogP contribution is -1.99. The molecule has 0 aliphatic rings. The van der Waals surface area contributed by atoms with E-state index < -0.39 is 6.10 Å². The van der Waals surface area contributed by atoms with Crippen molar-refractivity contribution in [3.63, 3.8) is 0 Å². The summed E-state index contributed by atoms with van der Waals surface area (Å²) < 4.78 is 5.73. The van der Waals surface area contributed by atoms with Crippen molar-refractivity contribution in [2.45, 2.75) is 19.6 Å². The Morgan fingerprint density at radius 2 is 1.76 bits per heavy atom. The molecule has 0 aliphatic carbocycles. The highest BCUT2D eigenvalue weighted by atomic mass is 16.5. The zero-order valence-corrected chi connectivity index (χ0v) is 11.9. The predicted octanol–water partition coefficient (Wildman–Crippen LogP) is 3.87. The Bertz CT molecular complexity index is 736. The molecule has 1 heterocycles. The van der Waals surface area contributed by atoms with E-state index in [2.05, 4.69) is 11.1 Å². The summed E-state index contributed by atoms with van der Waals surface area (Å²) in [6, 6.07) is 19.5. The molecule has 0 amide bonds. The first kappa shape index (κ1) is 13.6. The van der Waals surface area contributed by atoms with E-state index in [1.807, 2.05) is 54.6 Å². The molecule has 3 nitrogen and oxygen atoms in total. The van der Waals surface area contributed by atoms with Gasteiger partial charge in [-0.1, -0.05) is 36.4 Å². The fourth-order valence-electron chi connectivity index (χ4n) is 2.19. The van der Waals surface area contributed by atoms with Gasteiger partial charge in [-0.25, -0.2) is 4.98 Å². The van der Waals surface area contributed by atoms with Crippen LogP contribution in [0, 0.1) is 0 Å². The van der Waals surface area contributed by atoms with Crippen LogP contribution >= 0.6 is 0 Å². The summed E-state index contributed by atoms with van der Waals surface area (Å²) in [5, 5.41) is 10.6. The topological polar surface area (TPSA) is 42.4 Å². The van der Waals surface area contributed by atoms with Crippen LogP contribution in [0.3, 0.4) is 0 Å². The maximum Gasteiger partial charge on any atom is 0.130 e. The molecule has 0 bridgehead atoms. The highest BCUT2D eigenvalue weighted by Crippen LogP contribution is 2.18. The number of hydrogen-bond donors (Lipinski definition) is 1. The lowest BCUT2D eigenvalue weighted by atomic mass is 10.1. The average Bonchev–Trinajstić information content (AvgIpc) is 2.53. The van der Waals surface area contributed by atoms with Gasteiger partial charge in [-0.2, -0.15) is 0 Å². The maximum atomic E-state index is 9.47. The van der Waals surface area contributed by atoms with Crippen molar-refractivity contribution in [3.05, 3.63) is 71.9 Å². The normalized spacial score (nSPS) is 12.3. The molecule has 3 aromatic rings. The minimum absolute atomic E-state index is 0.429. The molecule has 0 saturated heterocycles. The summed E-state index contributed by atoms with van der Waals surface area (Å²) in [4.78, 5) is 4.57. The number of nitrogens with zero attached hydrogens (tertiary/aromatic N) is 1. The Kier molecular flexibility index (Phi) is 3.84. The first-order valence-corrected chi connectivity index (χ1v) is 6.98. The van der Waals surface area contributed by atoms with Crippen LogP contribution in [-0.4, -0.2) is 10.1 Å². The SMILES string of the molecule is C[C@@H](O)c1ccc(OCc2ccc3ccccc3n2)cc1. The van der Waals surface area contributed by atoms with Crippen LogP contribution in [0.15, 0.2) is 60.7 Å². The van der Waals surface area contributed by atoms with Gasteiger partial charge in [0.25, 0.3) is 0 Å². The fraction of sp³-hybridized carbons (Fsp3) is 0.167. The number of pyridine rings is 1. The van der Waals surface area contributed by atoms with Crippen molar-refractivity contribution >= 4 is 10.9 Å². The second-order valence-electron chi connectivity index (χ2n) is 5.03. The summed E-state index contributed by atoms with van der Waals surface area (Å²) in [7, 11) is 0. The number of rotatable bonds is 4. The van der Waals surface area contributed by atoms with Crippen molar-refractivity contribution in [2.24, 2.45) is 0 Å². The quantitative estimate of drug-likeness (QED) is 0.788. The van der Waals surface area contributed by atoms with Crippen LogP contribution in [0.5, 0.6) is 5.75 Å². The van der Waals surface area contributed by atoms with E-state index in [-0.39, 0.29) is 0 Å². The van der Waals surface area contributed by atoms with Gasteiger partial charge in [0.05, 0.1) is 17.3 Å². The van der Waals surface area contributed by atoms with E-state index in [0.717, 1.165) is 27.9 Å². The second-order valence-corrected chi connectivity index (χ2v) is 5.03. The molecule has 0 fully saturated rings. The van der Waals surface area contributed by atoms with Gasteiger partial charge in [0.15, 0.2) is 0 Å². The Morgan fingerprint density at radius 3 is 2.52 bits per heavy atom. The maximum absolute atomic E-state index is 9.47. The third-order valence-corrected chi connectivity index (χ3v) is 3.41. The molecule has 3 rings (SSSR count). The van der Waals surface area contributed by atoms with Gasteiger partial charge >= 0.3 is 0 Å². The number of hydrogen-bond acceptors (Lipinski definition) is 3. The standard InChI is InChI=1S/C18H17NO2/c1-13(20)14-7-10-17(11-8-14)21-12-16-9-6-15-4-2-3-5-18(15)19-16/h2-11,13,20H,12H2,1H3/t13-/m1/s1. The number of benzene rings is 2. The van der Waals surface area contributed by atoms with E-state index in [4.69, 9.17) is 4.74 Å². The third kappa shape index (κ3) is 3.20. The van der Waals surface area contributed by atoms with Crippen molar-refractivity contribution in [1.82, 2.24) is 4.98 Å². The summed E-state index contributed by atoms with van der Waals surface area (Å²) in [6.07, 6.45) is -0.457. The van der Waals surface area contributed by atoms with Crippen molar-refractivity contribution < 1.29 is 9.84 Å². The zero-order chi connectivity index (χ0) is 14.7. The molecule has 0 unspecified atom stereocenters. The van der Waals surface area contributed by atoms with Crippen molar-refractivity contribution in [1.29, 1.82) is 0 Å². The molecular formula is C18H17NO2. The van der Waals surface area contributed by atoms with Crippen molar-refractivity contribution in [2.75, 3.05) is 0 Å². The summed E-state index contributed by atoms with van der Waals surface area (Å²) >= 11 is 0. The molecule has 1 atom stereocenters. The number of aliphatic hydroxyl groups excluding tert-OH is 1. The van der Waals surface area contributed by atoms with E-state index in [1.54, 1.807) is 6.92 Å². The Balaban J connectivity index is 1.71. The van der Waals surface area contributed by atoms with Gasteiger partial charge in [0, 0.05) is 5.39 Å². The minimum atomic E-state index is -0.457. The van der Waals surface area contributed by atoms with Crippen LogP contribution in [0.4, 0.5) is 0 Å². The highest BCUT2D eigenvalue weighted by molar-refractivity contribution is 5.78. The van der Waals surface area contributed by atoms with Gasteiger partial charge in [0.1, 0.15) is 12.4 Å². The zero-order valence-electron chi connectivity index (χ0n) is 11.9. The minimum Gasteiger partial charge on any atom is -0.487 e. The van der Waals surface area contributed by atoms with E-state index in [1.165, 1.54) is 0 Å². The molecule has 3 heteroatoms. The first-order valence-electron chi connectivity index (χ1n) is 6.98. The molecule has 106 valence electrons. The van der Waals surface area contributed by atoms with Gasteiger partial charge in [0.2, 0.25) is 0 Å². The Labute approximate surface area is 123 Å². The fourth-order valence-corrected chi connectivity index (χ4v) is 2.19. The molecule has 0 aliphatic heterocycles. The average molecular weight is 279 g/mol.